The van der Waals surface area contributed by atoms with Gasteiger partial charge in [-0.15, -0.1) is 0 Å². The summed E-state index contributed by atoms with van der Waals surface area (Å²) in [6.45, 7) is 1.18. The lowest BCUT2D eigenvalue weighted by molar-refractivity contribution is -0.116. The first kappa shape index (κ1) is 18.8. The minimum atomic E-state index is -4.49. The Labute approximate surface area is 153 Å². The van der Waals surface area contributed by atoms with Crippen LogP contribution in [0.25, 0.3) is 0 Å². The Balaban J connectivity index is 1.93. The minimum Gasteiger partial charge on any atom is -0.355 e. The SMILES string of the molecule is Cc1nc(N2CCc3ccccc3CC2)c(C#N)c(=O)n1NCC(F)(F)F. The van der Waals surface area contributed by atoms with Gasteiger partial charge in [0.1, 0.15) is 18.4 Å². The molecule has 0 atom stereocenters. The number of hydrogen-bond donors (Lipinski definition) is 1. The summed E-state index contributed by atoms with van der Waals surface area (Å²) < 4.78 is 38.1. The monoisotopic (exact) mass is 377 g/mol. The molecule has 0 unspecified atom stereocenters. The van der Waals surface area contributed by atoms with Crippen molar-refractivity contribution in [2.75, 3.05) is 30.0 Å². The van der Waals surface area contributed by atoms with Crippen molar-refractivity contribution in [3.8, 4) is 6.07 Å². The van der Waals surface area contributed by atoms with Crippen LogP contribution in [0.2, 0.25) is 0 Å². The van der Waals surface area contributed by atoms with Crippen LogP contribution in [0.15, 0.2) is 29.1 Å². The van der Waals surface area contributed by atoms with E-state index < -0.39 is 18.3 Å². The van der Waals surface area contributed by atoms with Crippen LogP contribution in [0.1, 0.15) is 22.5 Å². The Morgan fingerprint density at radius 2 is 1.81 bits per heavy atom. The number of alkyl halides is 3. The van der Waals surface area contributed by atoms with Crippen LogP contribution >= 0.6 is 0 Å². The zero-order valence-electron chi connectivity index (χ0n) is 14.7. The summed E-state index contributed by atoms with van der Waals surface area (Å²) in [5, 5.41) is 9.44. The predicted molar refractivity (Wildman–Crippen MR) is 94.3 cm³/mol. The second-order valence-electron chi connectivity index (χ2n) is 6.32. The number of aryl methyl sites for hydroxylation is 1. The fourth-order valence-corrected chi connectivity index (χ4v) is 3.17. The van der Waals surface area contributed by atoms with E-state index in [1.807, 2.05) is 40.7 Å². The molecule has 9 heteroatoms. The van der Waals surface area contributed by atoms with Crippen molar-refractivity contribution in [3.05, 3.63) is 57.1 Å². The molecule has 2 aromatic rings. The number of hydrogen-bond acceptors (Lipinski definition) is 5. The number of nitrogens with zero attached hydrogens (tertiary/aromatic N) is 4. The molecule has 142 valence electrons. The molecule has 0 saturated heterocycles. The highest BCUT2D eigenvalue weighted by Crippen LogP contribution is 2.21. The average Bonchev–Trinajstić information content (AvgIpc) is 2.83. The van der Waals surface area contributed by atoms with Gasteiger partial charge in [-0.25, -0.2) is 9.66 Å². The maximum Gasteiger partial charge on any atom is 0.407 e. The number of nitriles is 1. The number of benzene rings is 1. The summed E-state index contributed by atoms with van der Waals surface area (Å²) in [4.78, 5) is 18.7. The van der Waals surface area contributed by atoms with Crippen molar-refractivity contribution >= 4 is 5.82 Å². The summed E-state index contributed by atoms with van der Waals surface area (Å²) in [6.07, 6.45) is -3.03. The van der Waals surface area contributed by atoms with Gasteiger partial charge in [0.15, 0.2) is 11.4 Å². The fraction of sp³-hybridized carbons (Fsp3) is 0.389. The van der Waals surface area contributed by atoms with E-state index in [0.29, 0.717) is 17.8 Å². The van der Waals surface area contributed by atoms with E-state index in [2.05, 4.69) is 4.98 Å². The van der Waals surface area contributed by atoms with Crippen molar-refractivity contribution in [3.63, 3.8) is 0 Å². The summed E-state index contributed by atoms with van der Waals surface area (Å²) in [6, 6.07) is 9.82. The van der Waals surface area contributed by atoms with Crippen LogP contribution in [-0.4, -0.2) is 35.5 Å². The van der Waals surface area contributed by atoms with E-state index in [9.17, 15) is 23.2 Å². The van der Waals surface area contributed by atoms with Crippen LogP contribution in [-0.2, 0) is 12.8 Å². The zero-order valence-corrected chi connectivity index (χ0v) is 14.7. The van der Waals surface area contributed by atoms with Gasteiger partial charge in [-0.3, -0.25) is 4.79 Å². The quantitative estimate of drug-likeness (QED) is 0.887. The lowest BCUT2D eigenvalue weighted by Gasteiger charge is -2.24. The lowest BCUT2D eigenvalue weighted by Crippen LogP contribution is -2.40. The predicted octanol–water partition coefficient (Wildman–Crippen LogP) is 2.13. The number of fused-ring (bicyclic) bond motifs is 1. The molecular weight excluding hydrogens is 359 g/mol. The van der Waals surface area contributed by atoms with Crippen molar-refractivity contribution in [2.24, 2.45) is 0 Å². The van der Waals surface area contributed by atoms with Crippen molar-refractivity contribution in [2.45, 2.75) is 25.9 Å². The average molecular weight is 377 g/mol. The van der Waals surface area contributed by atoms with Gasteiger partial charge in [0.25, 0.3) is 5.56 Å². The third-order valence-corrected chi connectivity index (χ3v) is 4.50. The van der Waals surface area contributed by atoms with Gasteiger partial charge in [0.2, 0.25) is 0 Å². The zero-order chi connectivity index (χ0) is 19.6. The van der Waals surface area contributed by atoms with Crippen molar-refractivity contribution in [1.82, 2.24) is 9.66 Å². The van der Waals surface area contributed by atoms with Crippen molar-refractivity contribution in [1.29, 1.82) is 5.26 Å². The third-order valence-electron chi connectivity index (χ3n) is 4.50. The van der Waals surface area contributed by atoms with Crippen molar-refractivity contribution < 1.29 is 13.2 Å². The highest BCUT2D eigenvalue weighted by atomic mass is 19.4. The first-order valence-corrected chi connectivity index (χ1v) is 8.46. The fourth-order valence-electron chi connectivity index (χ4n) is 3.17. The standard InChI is InChI=1S/C18H18F3N5O/c1-12-24-16(15(10-22)17(27)26(12)23-11-18(19,20)21)25-8-6-13-4-2-3-5-14(13)7-9-25/h2-5,23H,6-9,11H2,1H3. The number of aromatic nitrogens is 2. The van der Waals surface area contributed by atoms with E-state index in [1.54, 1.807) is 0 Å². The van der Waals surface area contributed by atoms with E-state index in [-0.39, 0.29) is 17.2 Å². The molecule has 0 saturated carbocycles. The molecule has 1 aromatic heterocycles. The Morgan fingerprint density at radius 1 is 1.22 bits per heavy atom. The maximum absolute atomic E-state index is 12.5. The maximum atomic E-state index is 12.5. The molecule has 0 amide bonds. The number of rotatable bonds is 3. The summed E-state index contributed by atoms with van der Waals surface area (Å²) in [7, 11) is 0. The number of nitrogens with one attached hydrogen (secondary N) is 1. The normalized spacial score (nSPS) is 14.3. The molecule has 3 rings (SSSR count). The lowest BCUT2D eigenvalue weighted by atomic mass is 10.0. The highest BCUT2D eigenvalue weighted by Gasteiger charge is 2.28. The first-order chi connectivity index (χ1) is 12.8. The second kappa shape index (κ2) is 7.31. The van der Waals surface area contributed by atoms with Gasteiger partial charge < -0.3 is 10.3 Å². The molecule has 0 spiro atoms. The Bertz CT molecular complexity index is 918. The second-order valence-corrected chi connectivity index (χ2v) is 6.32. The van der Waals surface area contributed by atoms with E-state index in [0.717, 1.165) is 12.8 Å². The van der Waals surface area contributed by atoms with E-state index >= 15 is 0 Å². The molecule has 1 aliphatic heterocycles. The number of halogens is 3. The molecule has 6 nitrogen and oxygen atoms in total. The number of anilines is 1. The molecule has 0 bridgehead atoms. The molecule has 0 radical (unpaired) electrons. The molecule has 2 heterocycles. The summed E-state index contributed by atoms with van der Waals surface area (Å²) in [5.74, 6) is 0.290. The van der Waals surface area contributed by atoms with Crippen LogP contribution in [0.5, 0.6) is 0 Å². The molecule has 27 heavy (non-hydrogen) atoms. The Morgan fingerprint density at radius 3 is 2.33 bits per heavy atom. The van der Waals surface area contributed by atoms with Gasteiger partial charge >= 0.3 is 6.18 Å². The Kier molecular flexibility index (Phi) is 5.08. The van der Waals surface area contributed by atoms with Crippen LogP contribution in [0.3, 0.4) is 0 Å². The molecule has 0 fully saturated rings. The molecular formula is C18H18F3N5O. The van der Waals surface area contributed by atoms with Gasteiger partial charge in [-0.2, -0.15) is 18.4 Å². The Hall–Kier alpha value is -3.02. The molecule has 1 aromatic carbocycles. The molecule has 1 aliphatic rings. The van der Waals surface area contributed by atoms with Crippen LogP contribution in [0.4, 0.5) is 19.0 Å². The largest absolute Gasteiger partial charge is 0.407 e. The van der Waals surface area contributed by atoms with Gasteiger partial charge in [-0.1, -0.05) is 24.3 Å². The molecule has 1 N–H and O–H groups in total. The first-order valence-electron chi connectivity index (χ1n) is 8.46. The summed E-state index contributed by atoms with van der Waals surface area (Å²) >= 11 is 0. The highest BCUT2D eigenvalue weighted by molar-refractivity contribution is 5.54. The van der Waals surface area contributed by atoms with Gasteiger partial charge in [0, 0.05) is 13.1 Å². The van der Waals surface area contributed by atoms with E-state index in [4.69, 9.17) is 0 Å². The summed E-state index contributed by atoms with van der Waals surface area (Å²) in [5.41, 5.74) is 3.32. The topological polar surface area (TPSA) is 74.0 Å². The van der Waals surface area contributed by atoms with Crippen LogP contribution in [0, 0.1) is 18.3 Å². The molecule has 0 aliphatic carbocycles. The van der Waals surface area contributed by atoms with Gasteiger partial charge in [-0.05, 0) is 30.9 Å². The smallest absolute Gasteiger partial charge is 0.355 e. The van der Waals surface area contributed by atoms with Gasteiger partial charge in [0.05, 0.1) is 0 Å². The minimum absolute atomic E-state index is 0.0695. The van der Waals surface area contributed by atoms with E-state index in [1.165, 1.54) is 18.1 Å². The van der Waals surface area contributed by atoms with Crippen LogP contribution < -0.4 is 15.9 Å². The third kappa shape index (κ3) is 4.05.